The van der Waals surface area contributed by atoms with E-state index in [1.54, 1.807) is 24.2 Å². The van der Waals surface area contributed by atoms with Crippen LogP contribution in [0.3, 0.4) is 0 Å². The van der Waals surface area contributed by atoms with Gasteiger partial charge in [0.15, 0.2) is 0 Å². The normalized spacial score (nSPS) is 11.4. The van der Waals surface area contributed by atoms with E-state index in [-0.39, 0.29) is 10.8 Å². The van der Waals surface area contributed by atoms with Gasteiger partial charge < -0.3 is 4.90 Å². The summed E-state index contributed by atoms with van der Waals surface area (Å²) in [6, 6.07) is 6.30. The van der Waals surface area contributed by atoms with E-state index >= 15 is 0 Å². The molecule has 0 bridgehead atoms. The number of hydrogen-bond donors (Lipinski definition) is 0. The molecule has 0 saturated heterocycles. The Balaban J connectivity index is 2.21. The molecule has 0 unspecified atom stereocenters. The molecule has 0 spiro atoms. The molecule has 106 valence electrons. The number of rotatable bonds is 3. The van der Waals surface area contributed by atoms with E-state index in [0.717, 1.165) is 18.0 Å². The number of hydrogen-bond acceptors (Lipinski definition) is 3. The first-order valence-corrected chi connectivity index (χ1v) is 6.09. The highest BCUT2D eigenvalue weighted by Crippen LogP contribution is 2.33. The van der Waals surface area contributed by atoms with Crippen molar-refractivity contribution in [2.45, 2.75) is 12.7 Å². The third kappa shape index (κ3) is 3.39. The molecule has 0 saturated carbocycles. The minimum Gasteiger partial charge on any atom is -0.353 e. The van der Waals surface area contributed by atoms with Crippen LogP contribution in [0, 0.1) is 0 Å². The first-order chi connectivity index (χ1) is 9.38. The quantitative estimate of drug-likeness (QED) is 0.864. The lowest BCUT2D eigenvalue weighted by Gasteiger charge is -2.19. The van der Waals surface area contributed by atoms with Crippen molar-refractivity contribution in [2.75, 3.05) is 11.9 Å². The minimum absolute atomic E-state index is 0.0433. The summed E-state index contributed by atoms with van der Waals surface area (Å²) in [6.45, 7) is 0.402. The van der Waals surface area contributed by atoms with Crippen LogP contribution in [-0.2, 0) is 12.7 Å². The van der Waals surface area contributed by atoms with Gasteiger partial charge in [-0.15, -0.1) is 0 Å². The van der Waals surface area contributed by atoms with Crippen molar-refractivity contribution in [2.24, 2.45) is 0 Å². The summed E-state index contributed by atoms with van der Waals surface area (Å²) in [4.78, 5) is 9.57. The number of nitrogens with zero attached hydrogens (tertiary/aromatic N) is 3. The van der Waals surface area contributed by atoms with E-state index in [1.807, 2.05) is 12.1 Å². The summed E-state index contributed by atoms with van der Waals surface area (Å²) in [5, 5.41) is -0.0433. The fraction of sp³-hybridized carbons (Fsp3) is 0.231. The fourth-order valence-corrected chi connectivity index (χ4v) is 1.99. The highest BCUT2D eigenvalue weighted by Gasteiger charge is 2.31. The summed E-state index contributed by atoms with van der Waals surface area (Å²) in [5.41, 5.74) is -0.0924. The molecule has 0 N–H and O–H groups in total. The van der Waals surface area contributed by atoms with Gasteiger partial charge in [-0.05, 0) is 18.2 Å². The second-order valence-corrected chi connectivity index (χ2v) is 4.61. The van der Waals surface area contributed by atoms with Crippen LogP contribution in [0.15, 0.2) is 36.7 Å². The first-order valence-electron chi connectivity index (χ1n) is 5.71. The largest absolute Gasteiger partial charge is 0.417 e. The summed E-state index contributed by atoms with van der Waals surface area (Å²) in [5.74, 6) is 0.283. The Bertz CT molecular complexity index is 587. The zero-order valence-electron chi connectivity index (χ0n) is 10.5. The lowest BCUT2D eigenvalue weighted by atomic mass is 10.2. The Kier molecular flexibility index (Phi) is 4.13. The molecule has 2 heterocycles. The Morgan fingerprint density at radius 1 is 1.25 bits per heavy atom. The fourth-order valence-electron chi connectivity index (χ4n) is 1.68. The Morgan fingerprint density at radius 2 is 2.00 bits per heavy atom. The molecule has 7 heteroatoms. The van der Waals surface area contributed by atoms with Gasteiger partial charge in [0.05, 0.1) is 22.8 Å². The number of halogens is 4. The van der Waals surface area contributed by atoms with Crippen LogP contribution in [-0.4, -0.2) is 17.0 Å². The molecule has 3 nitrogen and oxygen atoms in total. The molecule has 0 aliphatic rings. The Hall–Kier alpha value is -1.82. The minimum atomic E-state index is -4.45. The average molecular weight is 302 g/mol. The molecule has 2 aromatic rings. The highest BCUT2D eigenvalue weighted by atomic mass is 35.5. The van der Waals surface area contributed by atoms with Gasteiger partial charge in [0.25, 0.3) is 0 Å². The predicted molar refractivity (Wildman–Crippen MR) is 70.6 cm³/mol. The van der Waals surface area contributed by atoms with Gasteiger partial charge in [0.1, 0.15) is 5.82 Å². The number of alkyl halides is 3. The highest BCUT2D eigenvalue weighted by molar-refractivity contribution is 6.33. The molecule has 0 aliphatic carbocycles. The molecular formula is C13H11ClF3N3. The molecular weight excluding hydrogens is 291 g/mol. The van der Waals surface area contributed by atoms with Crippen LogP contribution in [0.4, 0.5) is 19.0 Å². The summed E-state index contributed by atoms with van der Waals surface area (Å²) in [7, 11) is 1.69. The molecule has 0 aromatic carbocycles. The molecule has 2 rings (SSSR count). The standard InChI is InChI=1S/C13H11ClF3N3/c1-20(8-10-4-2-3-5-18-10)12-11(14)6-9(7-19-12)13(15,16)17/h2-7H,8H2,1H3. The summed E-state index contributed by atoms with van der Waals surface area (Å²) < 4.78 is 37.6. The van der Waals surface area contributed by atoms with Crippen LogP contribution in [0.1, 0.15) is 11.3 Å². The second kappa shape index (κ2) is 5.66. The zero-order chi connectivity index (χ0) is 14.8. The van der Waals surface area contributed by atoms with E-state index in [0.29, 0.717) is 6.54 Å². The van der Waals surface area contributed by atoms with Crippen molar-refractivity contribution >= 4 is 17.4 Å². The molecule has 0 radical (unpaired) electrons. The number of anilines is 1. The van der Waals surface area contributed by atoms with Gasteiger partial charge in [-0.2, -0.15) is 13.2 Å². The van der Waals surface area contributed by atoms with Crippen LogP contribution in [0.2, 0.25) is 5.02 Å². The van der Waals surface area contributed by atoms with Gasteiger partial charge >= 0.3 is 6.18 Å². The molecule has 2 aromatic heterocycles. The Labute approximate surface area is 119 Å². The van der Waals surface area contributed by atoms with Crippen LogP contribution in [0.25, 0.3) is 0 Å². The molecule has 20 heavy (non-hydrogen) atoms. The van der Waals surface area contributed by atoms with Crippen LogP contribution < -0.4 is 4.90 Å². The van der Waals surface area contributed by atoms with E-state index < -0.39 is 11.7 Å². The number of pyridine rings is 2. The maximum atomic E-state index is 12.5. The van der Waals surface area contributed by atoms with E-state index in [1.165, 1.54) is 0 Å². The first kappa shape index (κ1) is 14.6. The predicted octanol–water partition coefficient (Wildman–Crippen LogP) is 3.79. The summed E-state index contributed by atoms with van der Waals surface area (Å²) >= 11 is 5.87. The van der Waals surface area contributed by atoms with Gasteiger partial charge in [-0.3, -0.25) is 4.98 Å². The zero-order valence-corrected chi connectivity index (χ0v) is 11.3. The van der Waals surface area contributed by atoms with Gasteiger partial charge in [-0.25, -0.2) is 4.98 Å². The van der Waals surface area contributed by atoms with E-state index in [4.69, 9.17) is 11.6 Å². The third-order valence-electron chi connectivity index (χ3n) is 2.64. The maximum absolute atomic E-state index is 12.5. The van der Waals surface area contributed by atoms with E-state index in [9.17, 15) is 13.2 Å². The van der Waals surface area contributed by atoms with Crippen molar-refractivity contribution in [1.29, 1.82) is 0 Å². The lowest BCUT2D eigenvalue weighted by molar-refractivity contribution is -0.137. The van der Waals surface area contributed by atoms with Gasteiger partial charge in [0, 0.05) is 19.4 Å². The van der Waals surface area contributed by atoms with Crippen LogP contribution >= 0.6 is 11.6 Å². The van der Waals surface area contributed by atoms with Crippen molar-refractivity contribution in [3.8, 4) is 0 Å². The third-order valence-corrected chi connectivity index (χ3v) is 2.91. The lowest BCUT2D eigenvalue weighted by Crippen LogP contribution is -2.19. The average Bonchev–Trinajstić information content (AvgIpc) is 2.38. The SMILES string of the molecule is CN(Cc1ccccn1)c1ncc(C(F)(F)F)cc1Cl. The Morgan fingerprint density at radius 3 is 2.55 bits per heavy atom. The smallest absolute Gasteiger partial charge is 0.353 e. The topological polar surface area (TPSA) is 29.0 Å². The van der Waals surface area contributed by atoms with Crippen molar-refractivity contribution in [3.05, 3.63) is 52.9 Å². The molecule has 0 amide bonds. The van der Waals surface area contributed by atoms with Crippen molar-refractivity contribution < 1.29 is 13.2 Å². The van der Waals surface area contributed by atoms with Crippen molar-refractivity contribution in [3.63, 3.8) is 0 Å². The summed E-state index contributed by atoms with van der Waals surface area (Å²) in [6.07, 6.45) is -2.03. The molecule has 0 atom stereocenters. The number of aromatic nitrogens is 2. The second-order valence-electron chi connectivity index (χ2n) is 4.20. The molecule has 0 aliphatic heterocycles. The van der Waals surface area contributed by atoms with Crippen molar-refractivity contribution in [1.82, 2.24) is 9.97 Å². The van der Waals surface area contributed by atoms with Crippen LogP contribution in [0.5, 0.6) is 0 Å². The van der Waals surface area contributed by atoms with Gasteiger partial charge in [-0.1, -0.05) is 17.7 Å². The van der Waals surface area contributed by atoms with E-state index in [2.05, 4.69) is 9.97 Å². The maximum Gasteiger partial charge on any atom is 0.417 e. The monoisotopic (exact) mass is 301 g/mol. The van der Waals surface area contributed by atoms with Gasteiger partial charge in [0.2, 0.25) is 0 Å². The molecule has 0 fully saturated rings.